The first-order valence-electron chi connectivity index (χ1n) is 41.9. The highest BCUT2D eigenvalue weighted by Gasteiger charge is 2.51. The van der Waals surface area contributed by atoms with Crippen molar-refractivity contribution in [2.24, 2.45) is 0 Å². The number of hydrogen-bond donors (Lipinski definition) is 1. The van der Waals surface area contributed by atoms with Gasteiger partial charge < -0.3 is 43.2 Å². The van der Waals surface area contributed by atoms with Crippen molar-refractivity contribution in [3.05, 3.63) is 345 Å². The van der Waals surface area contributed by atoms with Gasteiger partial charge in [-0.25, -0.2) is 0 Å². The third-order valence-electron chi connectivity index (χ3n) is 25.7. The summed E-state index contributed by atoms with van der Waals surface area (Å²) in [5, 5.41) is 8.47. The predicted octanol–water partition coefficient (Wildman–Crippen LogP) is 23.5. The van der Waals surface area contributed by atoms with Gasteiger partial charge in [0.2, 0.25) is 0 Å². The SMILES string of the molecule is CSN1c2cc3c(cc2B2c4cc5c(cc4Oc4cc(N(c6ccccc6)c6ccccc6)cc1c42)N(SC)c1cc(N(c2ccccc2)c2ccccc2)cc2c1B5c1ccc4oc5c(C(C)(C)C)cccc5c4c1O2)B1c2ccc4oc5c(C(C)(C)C)cccc5c4c2N(c2ccccc2)c2cc(N(c4ccccc4)c4ccccc4)cc(c21)N3. The minimum atomic E-state index is -0.367. The molecule has 16 aromatic carbocycles. The number of ether oxygens (including phenoxy) is 2. The number of nitrogens with one attached hydrogen (secondary N) is 1. The third kappa shape index (κ3) is 10.9. The number of benzene rings is 16. The molecule has 0 saturated carbocycles. The van der Waals surface area contributed by atoms with Crippen LogP contribution in [0.25, 0.3) is 43.9 Å². The van der Waals surface area contributed by atoms with Gasteiger partial charge in [-0.05, 0) is 211 Å². The fourth-order valence-corrected chi connectivity index (χ4v) is 22.0. The number of nitrogens with zero attached hydrogens (tertiary/aromatic N) is 6. The molecule has 0 saturated heterocycles. The van der Waals surface area contributed by atoms with Crippen molar-refractivity contribution in [1.29, 1.82) is 0 Å². The van der Waals surface area contributed by atoms with Crippen LogP contribution in [0.5, 0.6) is 23.0 Å². The van der Waals surface area contributed by atoms with Crippen LogP contribution >= 0.6 is 23.9 Å². The van der Waals surface area contributed by atoms with Gasteiger partial charge in [0, 0.05) is 115 Å². The Morgan fingerprint density at radius 2 is 0.721 bits per heavy atom. The van der Waals surface area contributed by atoms with Gasteiger partial charge in [-0.1, -0.05) is 230 Å². The van der Waals surface area contributed by atoms with Gasteiger partial charge >= 0.3 is 0 Å². The summed E-state index contributed by atoms with van der Waals surface area (Å²) in [5.74, 6) is 3.16. The highest BCUT2D eigenvalue weighted by Crippen LogP contribution is 2.54. The lowest BCUT2D eigenvalue weighted by molar-refractivity contribution is 0.488. The largest absolute Gasteiger partial charge is 0.458 e. The van der Waals surface area contributed by atoms with E-state index in [1.54, 1.807) is 23.9 Å². The Hall–Kier alpha value is -13.8. The zero-order chi connectivity index (χ0) is 81.7. The molecule has 0 atom stereocenters. The van der Waals surface area contributed by atoms with E-state index in [9.17, 15) is 0 Å². The second-order valence-electron chi connectivity index (χ2n) is 34.7. The standard InChI is InChI=1S/C106H80B3N7O4S2/c1-105(2,3)76-48-30-46-74-96-91(118-102(74)76)52-50-78-101(96)114(70-44-28-15-29-45-70)88-55-71(111(64-32-16-9-17-33-64)65-34-18-10-19-35-65)54-85-98(88)107(78)80-60-81-86(62-84(80)110-85)115(121-7)89-56-72(112(66-36-20-11-21-37-66)67-38-22-12-23-39-67)58-94-99(89)109(81)83-61-82-87(63-93(83)117-94)116(122-8)90-57-73(113(68-40-24-13-25-41-68)69-42-26-14-27-43-69)59-95-100(90)108(82)79-51-53-92-97(104(79)120-95)75-47-31-49-77(103(75)119-92)106(4,5)6/h9-63,110H,1-8H3. The van der Waals surface area contributed by atoms with Crippen LogP contribution in [0, 0.1) is 0 Å². The molecule has 24 rings (SSSR count). The molecule has 11 nitrogen and oxygen atoms in total. The summed E-state index contributed by atoms with van der Waals surface area (Å²) < 4.78 is 35.1. The number of hydrogen-bond acceptors (Lipinski definition) is 13. The smallest absolute Gasteiger partial charge is 0.256 e. The molecule has 6 aliphatic heterocycles. The van der Waals surface area contributed by atoms with E-state index in [2.05, 4.69) is 421 Å². The van der Waals surface area contributed by atoms with Crippen molar-refractivity contribution in [2.75, 3.05) is 46.0 Å². The van der Waals surface area contributed by atoms with E-state index in [-0.39, 0.29) is 31.0 Å². The van der Waals surface area contributed by atoms with Crippen LogP contribution in [0.2, 0.25) is 0 Å². The highest BCUT2D eigenvalue weighted by atomic mass is 32.2. The van der Waals surface area contributed by atoms with Gasteiger partial charge in [0.1, 0.15) is 45.3 Å². The molecule has 0 amide bonds. The number of anilines is 18. The second-order valence-corrected chi connectivity index (χ2v) is 36.2. The van der Waals surface area contributed by atoms with Crippen molar-refractivity contribution >= 4 is 239 Å². The molecule has 1 N–H and O–H groups in total. The van der Waals surface area contributed by atoms with Gasteiger partial charge in [0.15, 0.2) is 0 Å². The van der Waals surface area contributed by atoms with Gasteiger partial charge in [0.25, 0.3) is 20.1 Å². The first kappa shape index (κ1) is 72.2. The van der Waals surface area contributed by atoms with Crippen molar-refractivity contribution in [1.82, 2.24) is 0 Å². The molecule has 2 aromatic heterocycles. The molecule has 18 aromatic rings. The number of para-hydroxylation sites is 9. The van der Waals surface area contributed by atoms with Crippen LogP contribution in [0.4, 0.5) is 102 Å². The van der Waals surface area contributed by atoms with Gasteiger partial charge in [-0.3, -0.25) is 8.61 Å². The fraction of sp³-hybridized carbons (Fsp3) is 0.0943. The van der Waals surface area contributed by atoms with E-state index in [4.69, 9.17) is 18.3 Å². The fourth-order valence-electron chi connectivity index (χ4n) is 20.6. The Morgan fingerprint density at radius 3 is 1.20 bits per heavy atom. The molecule has 122 heavy (non-hydrogen) atoms. The summed E-state index contributed by atoms with van der Waals surface area (Å²) in [7, 11) is 0. The van der Waals surface area contributed by atoms with Crippen LogP contribution in [0.15, 0.2) is 342 Å². The average Bonchev–Trinajstić information content (AvgIpc) is 1.62. The minimum Gasteiger partial charge on any atom is -0.458 e. The number of rotatable bonds is 12. The van der Waals surface area contributed by atoms with E-state index < -0.39 is 0 Å². The molecule has 8 heterocycles. The van der Waals surface area contributed by atoms with Crippen molar-refractivity contribution in [3.8, 4) is 23.0 Å². The molecule has 0 unspecified atom stereocenters. The molecule has 584 valence electrons. The molecule has 0 aliphatic carbocycles. The van der Waals surface area contributed by atoms with E-state index in [1.807, 2.05) is 0 Å². The summed E-state index contributed by atoms with van der Waals surface area (Å²) in [5.41, 5.74) is 34.1. The van der Waals surface area contributed by atoms with E-state index >= 15 is 0 Å². The second kappa shape index (κ2) is 27.4. The zero-order valence-corrected chi connectivity index (χ0v) is 70.3. The van der Waals surface area contributed by atoms with E-state index in [0.29, 0.717) is 0 Å². The Labute approximate surface area is 718 Å². The lowest BCUT2D eigenvalue weighted by Gasteiger charge is -2.44. The molecule has 0 radical (unpaired) electrons. The summed E-state index contributed by atoms with van der Waals surface area (Å²) in [6, 6.07) is 122. The molecular weight excluding hydrogens is 1530 g/mol. The summed E-state index contributed by atoms with van der Waals surface area (Å²) >= 11 is 3.42. The maximum atomic E-state index is 7.97. The Balaban J connectivity index is 0.784. The number of fused-ring (bicyclic) bond motifs is 20. The van der Waals surface area contributed by atoms with Crippen LogP contribution in [-0.4, -0.2) is 32.6 Å². The van der Waals surface area contributed by atoms with Crippen LogP contribution in [0.3, 0.4) is 0 Å². The zero-order valence-electron chi connectivity index (χ0n) is 68.6. The third-order valence-corrected chi connectivity index (χ3v) is 27.2. The predicted molar refractivity (Wildman–Crippen MR) is 518 cm³/mol. The topological polar surface area (TPSA) is 76.2 Å². The average molecular weight is 1610 g/mol. The summed E-state index contributed by atoms with van der Waals surface area (Å²) in [6.45, 7) is 12.7. The lowest BCUT2D eigenvalue weighted by atomic mass is 9.29. The quantitative estimate of drug-likeness (QED) is 0.0933. The van der Waals surface area contributed by atoms with Gasteiger partial charge in [-0.15, -0.1) is 0 Å². The highest BCUT2D eigenvalue weighted by molar-refractivity contribution is 8.00. The first-order chi connectivity index (χ1) is 59.7. The number of furan rings is 2. The Bertz CT molecular complexity index is 7240. The molecule has 0 fully saturated rings. The normalized spacial score (nSPS) is 13.6. The Morgan fingerprint density at radius 1 is 0.311 bits per heavy atom. The molecule has 0 bridgehead atoms. The summed E-state index contributed by atoms with van der Waals surface area (Å²) in [4.78, 5) is 9.66. The van der Waals surface area contributed by atoms with Gasteiger partial charge in [0.05, 0.1) is 50.6 Å². The molecule has 0 spiro atoms. The lowest BCUT2D eigenvalue weighted by Crippen LogP contribution is -2.65. The van der Waals surface area contributed by atoms with Crippen LogP contribution in [0.1, 0.15) is 52.7 Å². The van der Waals surface area contributed by atoms with E-state index in [1.165, 1.54) is 21.9 Å². The van der Waals surface area contributed by atoms with Crippen LogP contribution < -0.4 is 92.2 Å². The molecular formula is C106H80B3N7O4S2. The van der Waals surface area contributed by atoms with E-state index in [0.717, 1.165) is 208 Å². The molecule has 16 heteroatoms. The van der Waals surface area contributed by atoms with Gasteiger partial charge in [-0.2, -0.15) is 0 Å². The van der Waals surface area contributed by atoms with Crippen molar-refractivity contribution in [3.63, 3.8) is 0 Å². The summed E-state index contributed by atoms with van der Waals surface area (Å²) in [6.07, 6.45) is 4.41. The maximum absolute atomic E-state index is 7.97. The molecule has 6 aliphatic rings. The monoisotopic (exact) mass is 1610 g/mol. The van der Waals surface area contributed by atoms with Crippen molar-refractivity contribution < 1.29 is 18.3 Å². The minimum absolute atomic E-state index is 0.202. The maximum Gasteiger partial charge on any atom is 0.256 e. The van der Waals surface area contributed by atoms with Crippen molar-refractivity contribution in [2.45, 2.75) is 52.4 Å². The van der Waals surface area contributed by atoms with Crippen LogP contribution in [-0.2, 0) is 10.8 Å². The Kier molecular flexibility index (Phi) is 16.2. The first-order valence-corrected chi connectivity index (χ1v) is 44.3.